The molecule has 2 aromatic heterocycles. The highest BCUT2D eigenvalue weighted by atomic mass is 35.5. The molecule has 1 aromatic carbocycles. The van der Waals surface area contributed by atoms with E-state index in [0.717, 1.165) is 16.9 Å². The van der Waals surface area contributed by atoms with Crippen molar-refractivity contribution in [3.05, 3.63) is 41.2 Å². The first-order valence-electron chi connectivity index (χ1n) is 6.02. The van der Waals surface area contributed by atoms with Gasteiger partial charge in [0, 0.05) is 7.05 Å². The second-order valence-corrected chi connectivity index (χ2v) is 4.60. The Bertz CT molecular complexity index is 771. The molecular formula is C13H12ClN5O. The van der Waals surface area contributed by atoms with Crippen molar-refractivity contribution in [2.24, 2.45) is 7.05 Å². The zero-order valence-corrected chi connectivity index (χ0v) is 11.8. The Balaban J connectivity index is 2.01. The van der Waals surface area contributed by atoms with Gasteiger partial charge in [-0.3, -0.25) is 0 Å². The van der Waals surface area contributed by atoms with Crippen LogP contribution < -0.4 is 4.74 Å². The van der Waals surface area contributed by atoms with E-state index in [1.54, 1.807) is 0 Å². The van der Waals surface area contributed by atoms with Crippen molar-refractivity contribution in [1.29, 1.82) is 0 Å². The summed E-state index contributed by atoms with van der Waals surface area (Å²) in [5.74, 6) is 1.38. The highest BCUT2D eigenvalue weighted by molar-refractivity contribution is 6.28. The SMILES string of the molecule is COc1nc(Cl)nc(Cc2nc3ccccc3n2C)n1. The summed E-state index contributed by atoms with van der Waals surface area (Å²) in [6.45, 7) is 0. The van der Waals surface area contributed by atoms with Gasteiger partial charge in [-0.05, 0) is 23.7 Å². The molecule has 0 N–H and O–H groups in total. The van der Waals surface area contributed by atoms with E-state index in [0.29, 0.717) is 12.2 Å². The van der Waals surface area contributed by atoms with E-state index >= 15 is 0 Å². The number of imidazole rings is 1. The van der Waals surface area contributed by atoms with Gasteiger partial charge in [-0.25, -0.2) is 9.97 Å². The third-order valence-electron chi connectivity index (χ3n) is 3.01. The minimum Gasteiger partial charge on any atom is -0.467 e. The molecule has 0 fully saturated rings. The molecule has 6 nitrogen and oxygen atoms in total. The summed E-state index contributed by atoms with van der Waals surface area (Å²) in [4.78, 5) is 16.7. The number of hydrogen-bond acceptors (Lipinski definition) is 5. The number of nitrogens with zero attached hydrogens (tertiary/aromatic N) is 5. The summed E-state index contributed by atoms with van der Waals surface area (Å²) in [6, 6.07) is 8.14. The summed E-state index contributed by atoms with van der Waals surface area (Å²) >= 11 is 5.84. The second-order valence-electron chi connectivity index (χ2n) is 4.26. The lowest BCUT2D eigenvalue weighted by Gasteiger charge is -2.03. The van der Waals surface area contributed by atoms with Crippen LogP contribution >= 0.6 is 11.6 Å². The molecule has 0 aliphatic carbocycles. The quantitative estimate of drug-likeness (QED) is 0.738. The van der Waals surface area contributed by atoms with Crippen LogP contribution in [0.1, 0.15) is 11.6 Å². The van der Waals surface area contributed by atoms with Crippen molar-refractivity contribution in [1.82, 2.24) is 24.5 Å². The highest BCUT2D eigenvalue weighted by Crippen LogP contribution is 2.17. The number of methoxy groups -OCH3 is 1. The summed E-state index contributed by atoms with van der Waals surface area (Å²) < 4.78 is 7.00. The Morgan fingerprint density at radius 1 is 1.15 bits per heavy atom. The molecule has 102 valence electrons. The molecule has 7 heteroatoms. The maximum atomic E-state index is 5.84. The summed E-state index contributed by atoms with van der Waals surface area (Å²) in [6.07, 6.45) is 0.462. The molecule has 0 unspecified atom stereocenters. The Morgan fingerprint density at radius 2 is 1.95 bits per heavy atom. The van der Waals surface area contributed by atoms with Crippen molar-refractivity contribution in [3.8, 4) is 6.01 Å². The standard InChI is InChI=1S/C13H12ClN5O/c1-19-9-6-4-3-5-8(9)15-11(19)7-10-16-12(14)18-13(17-10)20-2/h3-6H,7H2,1-2H3. The van der Waals surface area contributed by atoms with Crippen LogP contribution in [0.4, 0.5) is 0 Å². The van der Waals surface area contributed by atoms with Crippen LogP contribution in [-0.2, 0) is 13.5 Å². The highest BCUT2D eigenvalue weighted by Gasteiger charge is 2.11. The van der Waals surface area contributed by atoms with Crippen molar-refractivity contribution < 1.29 is 4.74 Å². The Hall–Kier alpha value is -2.21. The molecule has 0 saturated heterocycles. The van der Waals surface area contributed by atoms with Crippen LogP contribution in [0.25, 0.3) is 11.0 Å². The van der Waals surface area contributed by atoms with Crippen molar-refractivity contribution in [2.75, 3.05) is 7.11 Å². The number of benzene rings is 1. The molecule has 3 rings (SSSR count). The number of ether oxygens (including phenoxy) is 1. The van der Waals surface area contributed by atoms with Gasteiger partial charge in [-0.2, -0.15) is 9.97 Å². The van der Waals surface area contributed by atoms with Crippen LogP contribution in [0.2, 0.25) is 5.28 Å². The molecule has 0 atom stereocenters. The first-order chi connectivity index (χ1) is 9.67. The van der Waals surface area contributed by atoms with E-state index < -0.39 is 0 Å². The van der Waals surface area contributed by atoms with E-state index in [1.807, 2.05) is 35.9 Å². The van der Waals surface area contributed by atoms with Gasteiger partial charge in [0.15, 0.2) is 0 Å². The predicted octanol–water partition coefficient (Wildman–Crippen LogP) is 2.01. The normalized spacial score (nSPS) is 10.9. The first-order valence-corrected chi connectivity index (χ1v) is 6.40. The maximum Gasteiger partial charge on any atom is 0.320 e. The lowest BCUT2D eigenvalue weighted by molar-refractivity contribution is 0.376. The maximum absolute atomic E-state index is 5.84. The first kappa shape index (κ1) is 12.8. The van der Waals surface area contributed by atoms with Gasteiger partial charge in [-0.15, -0.1) is 0 Å². The molecule has 0 saturated carbocycles. The number of halogens is 1. The van der Waals surface area contributed by atoms with Gasteiger partial charge >= 0.3 is 6.01 Å². The number of fused-ring (bicyclic) bond motifs is 1. The molecule has 0 spiro atoms. The zero-order valence-electron chi connectivity index (χ0n) is 11.0. The molecule has 2 heterocycles. The van der Waals surface area contributed by atoms with E-state index in [-0.39, 0.29) is 11.3 Å². The third kappa shape index (κ3) is 2.30. The van der Waals surface area contributed by atoms with E-state index in [1.165, 1.54) is 7.11 Å². The molecule has 0 bridgehead atoms. The monoisotopic (exact) mass is 289 g/mol. The fraction of sp³-hybridized carbons (Fsp3) is 0.231. The predicted molar refractivity (Wildman–Crippen MR) is 74.9 cm³/mol. The van der Waals surface area contributed by atoms with Crippen molar-refractivity contribution >= 4 is 22.6 Å². The number of aromatic nitrogens is 5. The molecule has 0 amide bonds. The largest absolute Gasteiger partial charge is 0.467 e. The van der Waals surface area contributed by atoms with E-state index in [2.05, 4.69) is 19.9 Å². The van der Waals surface area contributed by atoms with Gasteiger partial charge in [-0.1, -0.05) is 12.1 Å². The second kappa shape index (κ2) is 5.05. The minimum absolute atomic E-state index is 0.116. The van der Waals surface area contributed by atoms with Crippen LogP contribution in [0.15, 0.2) is 24.3 Å². The third-order valence-corrected chi connectivity index (χ3v) is 3.18. The van der Waals surface area contributed by atoms with E-state index in [9.17, 15) is 0 Å². The van der Waals surface area contributed by atoms with Crippen molar-refractivity contribution in [2.45, 2.75) is 6.42 Å². The van der Waals surface area contributed by atoms with Crippen molar-refractivity contribution in [3.63, 3.8) is 0 Å². The fourth-order valence-electron chi connectivity index (χ4n) is 2.04. The summed E-state index contributed by atoms with van der Waals surface area (Å²) in [5, 5.41) is 0.116. The molecule has 3 aromatic rings. The minimum atomic E-state index is 0.116. The average Bonchev–Trinajstić information content (AvgIpc) is 2.75. The number of para-hydroxylation sites is 2. The Kier molecular flexibility index (Phi) is 3.23. The van der Waals surface area contributed by atoms with Gasteiger partial charge < -0.3 is 9.30 Å². The topological polar surface area (TPSA) is 65.7 Å². The average molecular weight is 290 g/mol. The number of aryl methyl sites for hydroxylation is 1. The summed E-state index contributed by atoms with van der Waals surface area (Å²) in [5.41, 5.74) is 2.01. The summed E-state index contributed by atoms with van der Waals surface area (Å²) in [7, 11) is 3.45. The molecule has 0 radical (unpaired) electrons. The smallest absolute Gasteiger partial charge is 0.320 e. The molecule has 20 heavy (non-hydrogen) atoms. The van der Waals surface area contributed by atoms with Gasteiger partial charge in [0.2, 0.25) is 5.28 Å². The van der Waals surface area contributed by atoms with Gasteiger partial charge in [0.1, 0.15) is 11.6 Å². The lowest BCUT2D eigenvalue weighted by atomic mass is 10.3. The molecule has 0 aliphatic heterocycles. The van der Waals surface area contributed by atoms with Gasteiger partial charge in [0.05, 0.1) is 24.6 Å². The molecule has 0 aliphatic rings. The van der Waals surface area contributed by atoms with Gasteiger partial charge in [0.25, 0.3) is 0 Å². The zero-order chi connectivity index (χ0) is 14.1. The Labute approximate surface area is 120 Å². The Morgan fingerprint density at radius 3 is 2.70 bits per heavy atom. The fourth-order valence-corrected chi connectivity index (χ4v) is 2.21. The van der Waals surface area contributed by atoms with Crippen LogP contribution in [-0.4, -0.2) is 31.6 Å². The number of hydrogen-bond donors (Lipinski definition) is 0. The van der Waals surface area contributed by atoms with Crippen LogP contribution in [0, 0.1) is 0 Å². The lowest BCUT2D eigenvalue weighted by Crippen LogP contribution is -2.05. The number of rotatable bonds is 3. The van der Waals surface area contributed by atoms with Crippen LogP contribution in [0.5, 0.6) is 6.01 Å². The molecular weight excluding hydrogens is 278 g/mol. The van der Waals surface area contributed by atoms with E-state index in [4.69, 9.17) is 16.3 Å². The van der Waals surface area contributed by atoms with Crippen LogP contribution in [0.3, 0.4) is 0 Å².